The van der Waals surface area contributed by atoms with E-state index in [1.165, 1.54) is 0 Å². The number of hydrogen-bond acceptors (Lipinski definition) is 4. The molecule has 1 aliphatic rings. The lowest BCUT2D eigenvalue weighted by Crippen LogP contribution is -2.38. The number of furan rings is 1. The number of nitrogens with one attached hydrogen (secondary N) is 1. The Bertz CT molecular complexity index is 1350. The van der Waals surface area contributed by atoms with Crippen LogP contribution in [0.2, 0.25) is 0 Å². The van der Waals surface area contributed by atoms with Crippen molar-refractivity contribution in [1.29, 1.82) is 0 Å². The number of nitrogens with zero attached hydrogens (tertiary/aromatic N) is 3. The zero-order valence-corrected chi connectivity index (χ0v) is 19.2. The van der Waals surface area contributed by atoms with E-state index >= 15 is 0 Å². The summed E-state index contributed by atoms with van der Waals surface area (Å²) in [6, 6.07) is 16.1. The zero-order chi connectivity index (χ0) is 23.2. The molecule has 7 heteroatoms. The van der Waals surface area contributed by atoms with E-state index < -0.39 is 5.41 Å². The third-order valence-electron chi connectivity index (χ3n) is 6.34. The minimum atomic E-state index is -0.392. The lowest BCUT2D eigenvalue weighted by molar-refractivity contribution is -0.138. The lowest BCUT2D eigenvalue weighted by Gasteiger charge is -2.25. The first-order valence-corrected chi connectivity index (χ1v) is 11.3. The normalized spacial score (nSPS) is 16.6. The van der Waals surface area contributed by atoms with Crippen LogP contribution in [0.4, 0.5) is 0 Å². The summed E-state index contributed by atoms with van der Waals surface area (Å²) in [5.41, 5.74) is 3.31. The van der Waals surface area contributed by atoms with Crippen molar-refractivity contribution in [2.24, 2.45) is 11.3 Å². The Hall–Kier alpha value is -3.61. The molecule has 0 aliphatic carbocycles. The molecule has 0 spiro atoms. The topological polar surface area (TPSA) is 84.1 Å². The third kappa shape index (κ3) is 4.11. The van der Waals surface area contributed by atoms with E-state index in [9.17, 15) is 9.59 Å². The molecule has 33 heavy (non-hydrogen) atoms. The summed E-state index contributed by atoms with van der Waals surface area (Å²) in [4.78, 5) is 27.0. The van der Waals surface area contributed by atoms with Gasteiger partial charge in [0, 0.05) is 36.0 Å². The molecule has 3 heterocycles. The number of benzene rings is 2. The number of hydrogen-bond donors (Lipinski definition) is 1. The van der Waals surface area contributed by atoms with Crippen molar-refractivity contribution >= 4 is 16.9 Å². The number of carbonyl (C=O) groups is 1. The van der Waals surface area contributed by atoms with Crippen molar-refractivity contribution in [2.75, 3.05) is 13.1 Å². The molecular weight excluding hydrogens is 416 g/mol. The van der Waals surface area contributed by atoms with Crippen molar-refractivity contribution in [3.05, 3.63) is 65.3 Å². The number of fused-ring (bicyclic) bond motifs is 1. The molecule has 170 valence electrons. The molecule has 0 saturated carbocycles. The second-order valence-corrected chi connectivity index (χ2v) is 9.87. The molecule has 7 nitrogen and oxygen atoms in total. The van der Waals surface area contributed by atoms with Crippen LogP contribution in [-0.4, -0.2) is 38.7 Å². The van der Waals surface area contributed by atoms with Crippen LogP contribution in [0.15, 0.2) is 64.0 Å². The fraction of sp³-hybridized carbons (Fsp3) is 0.346. The van der Waals surface area contributed by atoms with Gasteiger partial charge in [0.2, 0.25) is 5.91 Å². The number of aromatic amines is 1. The summed E-state index contributed by atoms with van der Waals surface area (Å²) in [5, 5.41) is 7.95. The van der Waals surface area contributed by atoms with Gasteiger partial charge in [0.1, 0.15) is 5.58 Å². The van der Waals surface area contributed by atoms with E-state index in [1.807, 2.05) is 68.1 Å². The Morgan fingerprint density at radius 1 is 1.09 bits per heavy atom. The molecule has 5 rings (SSSR count). The van der Waals surface area contributed by atoms with Gasteiger partial charge in [0.25, 0.3) is 0 Å². The molecule has 0 unspecified atom stereocenters. The van der Waals surface area contributed by atoms with Gasteiger partial charge < -0.3 is 9.32 Å². The maximum Gasteiger partial charge on any atom is 0.343 e. The Morgan fingerprint density at radius 3 is 2.58 bits per heavy atom. The summed E-state index contributed by atoms with van der Waals surface area (Å²) in [5.74, 6) is 1.01. The maximum absolute atomic E-state index is 12.6. The van der Waals surface area contributed by atoms with Gasteiger partial charge in [-0.15, -0.1) is 0 Å². The molecule has 1 N–H and O–H groups in total. The Balaban J connectivity index is 1.35. The SMILES string of the molecule is CC(C)(C)C(=O)N1CC[C@@H](Cn2c(-c3ccc(-c4ccc5occc5c4)cc3)n[nH]c2=O)C1. The van der Waals surface area contributed by atoms with Gasteiger partial charge in [-0.05, 0) is 41.7 Å². The molecule has 0 radical (unpaired) electrons. The van der Waals surface area contributed by atoms with Gasteiger partial charge in [-0.3, -0.25) is 9.36 Å². The van der Waals surface area contributed by atoms with Crippen LogP contribution in [0.25, 0.3) is 33.5 Å². The Morgan fingerprint density at radius 2 is 1.82 bits per heavy atom. The fourth-order valence-corrected chi connectivity index (χ4v) is 4.56. The first kappa shape index (κ1) is 21.2. The van der Waals surface area contributed by atoms with Gasteiger partial charge in [0.15, 0.2) is 5.82 Å². The van der Waals surface area contributed by atoms with Gasteiger partial charge in [0.05, 0.1) is 6.26 Å². The van der Waals surface area contributed by atoms with Gasteiger partial charge in [-0.1, -0.05) is 51.1 Å². The Labute approximate surface area is 192 Å². The smallest absolute Gasteiger partial charge is 0.343 e. The Kier molecular flexibility index (Phi) is 5.19. The highest BCUT2D eigenvalue weighted by molar-refractivity contribution is 5.84. The summed E-state index contributed by atoms with van der Waals surface area (Å²) >= 11 is 0. The first-order valence-electron chi connectivity index (χ1n) is 11.3. The number of H-pyrrole nitrogens is 1. The van der Waals surface area contributed by atoms with Crippen molar-refractivity contribution in [3.63, 3.8) is 0 Å². The molecule has 1 saturated heterocycles. The van der Waals surface area contributed by atoms with Crippen molar-refractivity contribution in [2.45, 2.75) is 33.7 Å². The number of rotatable bonds is 4. The van der Waals surface area contributed by atoms with Gasteiger partial charge in [-0.25, -0.2) is 9.89 Å². The van der Waals surface area contributed by atoms with Crippen LogP contribution < -0.4 is 5.69 Å². The van der Waals surface area contributed by atoms with E-state index in [0.29, 0.717) is 18.9 Å². The minimum absolute atomic E-state index is 0.161. The molecule has 2 aromatic carbocycles. The fourth-order valence-electron chi connectivity index (χ4n) is 4.56. The summed E-state index contributed by atoms with van der Waals surface area (Å²) in [6.45, 7) is 7.77. The lowest BCUT2D eigenvalue weighted by atomic mass is 9.95. The molecule has 1 amide bonds. The molecule has 1 aliphatic heterocycles. The van der Waals surface area contributed by atoms with Crippen molar-refractivity contribution < 1.29 is 9.21 Å². The highest BCUT2D eigenvalue weighted by Gasteiger charge is 2.33. The monoisotopic (exact) mass is 444 g/mol. The number of amides is 1. The van der Waals surface area contributed by atoms with Crippen LogP contribution in [-0.2, 0) is 11.3 Å². The van der Waals surface area contributed by atoms with Gasteiger partial charge in [-0.2, -0.15) is 5.10 Å². The highest BCUT2D eigenvalue weighted by atomic mass is 16.3. The van der Waals surface area contributed by atoms with E-state index in [0.717, 1.165) is 40.6 Å². The quantitative estimate of drug-likeness (QED) is 0.501. The van der Waals surface area contributed by atoms with E-state index in [2.05, 4.69) is 16.3 Å². The number of likely N-dealkylation sites (tertiary alicyclic amines) is 1. The average Bonchev–Trinajstić information content (AvgIpc) is 3.53. The van der Waals surface area contributed by atoms with E-state index in [4.69, 9.17) is 4.42 Å². The molecule has 1 fully saturated rings. The standard InChI is InChI=1S/C26H28N4O3/c1-26(2,3)24(31)29-12-10-17(15-29)16-30-23(27-28-25(30)32)19-6-4-18(5-7-19)20-8-9-22-21(14-20)11-13-33-22/h4-9,11,13-14,17H,10,12,15-16H2,1-3H3,(H,28,32)/t17-/m1/s1. The summed E-state index contributed by atoms with van der Waals surface area (Å²) in [7, 11) is 0. The van der Waals surface area contributed by atoms with Crippen LogP contribution >= 0.6 is 0 Å². The molecular formula is C26H28N4O3. The van der Waals surface area contributed by atoms with Crippen LogP contribution in [0, 0.1) is 11.3 Å². The van der Waals surface area contributed by atoms with Crippen LogP contribution in [0.1, 0.15) is 27.2 Å². The number of aromatic nitrogens is 3. The molecule has 0 bridgehead atoms. The molecule has 2 aromatic heterocycles. The van der Waals surface area contributed by atoms with E-state index in [-0.39, 0.29) is 17.5 Å². The zero-order valence-electron chi connectivity index (χ0n) is 19.2. The number of carbonyl (C=O) groups excluding carboxylic acids is 1. The minimum Gasteiger partial charge on any atom is -0.464 e. The molecule has 1 atom stereocenters. The van der Waals surface area contributed by atoms with Crippen molar-refractivity contribution in [1.82, 2.24) is 19.7 Å². The second kappa shape index (κ2) is 8.06. The highest BCUT2D eigenvalue weighted by Crippen LogP contribution is 2.28. The van der Waals surface area contributed by atoms with E-state index in [1.54, 1.807) is 10.8 Å². The second-order valence-electron chi connectivity index (χ2n) is 9.87. The first-order chi connectivity index (χ1) is 15.8. The average molecular weight is 445 g/mol. The predicted molar refractivity (Wildman–Crippen MR) is 128 cm³/mol. The van der Waals surface area contributed by atoms with Crippen LogP contribution in [0.3, 0.4) is 0 Å². The van der Waals surface area contributed by atoms with Crippen LogP contribution in [0.5, 0.6) is 0 Å². The predicted octanol–water partition coefficient (Wildman–Crippen LogP) is 4.55. The van der Waals surface area contributed by atoms with Gasteiger partial charge >= 0.3 is 5.69 Å². The van der Waals surface area contributed by atoms with Crippen molar-refractivity contribution in [3.8, 4) is 22.5 Å². The third-order valence-corrected chi connectivity index (χ3v) is 6.34. The maximum atomic E-state index is 12.6. The summed E-state index contributed by atoms with van der Waals surface area (Å²) < 4.78 is 7.12. The largest absolute Gasteiger partial charge is 0.464 e. The summed E-state index contributed by atoms with van der Waals surface area (Å²) in [6.07, 6.45) is 2.57. The molecule has 4 aromatic rings.